The van der Waals surface area contributed by atoms with Gasteiger partial charge in [-0.15, -0.1) is 0 Å². The monoisotopic (exact) mass is 395 g/mol. The molecular formula is C20H21N5O4. The molecule has 2 aliphatic heterocycles. The number of rotatable bonds is 5. The van der Waals surface area contributed by atoms with Crippen LogP contribution in [0.2, 0.25) is 0 Å². The number of imide groups is 2. The second kappa shape index (κ2) is 7.88. The van der Waals surface area contributed by atoms with Gasteiger partial charge in [0.05, 0.1) is 19.5 Å². The van der Waals surface area contributed by atoms with Gasteiger partial charge in [0.25, 0.3) is 0 Å². The van der Waals surface area contributed by atoms with Gasteiger partial charge in [0.2, 0.25) is 0 Å². The number of amides is 4. The van der Waals surface area contributed by atoms with Crippen LogP contribution in [0.25, 0.3) is 0 Å². The molecule has 0 unspecified atom stereocenters. The summed E-state index contributed by atoms with van der Waals surface area (Å²) in [5.41, 5.74) is 1.44. The van der Waals surface area contributed by atoms with Gasteiger partial charge in [0, 0.05) is 44.3 Å². The molecule has 0 saturated carbocycles. The highest BCUT2D eigenvalue weighted by Crippen LogP contribution is 2.25. The highest BCUT2D eigenvalue weighted by molar-refractivity contribution is 6.52. The Morgan fingerprint density at radius 2 is 1.52 bits per heavy atom. The van der Waals surface area contributed by atoms with E-state index in [2.05, 4.69) is 9.88 Å². The molecule has 1 aromatic carbocycles. The number of carbonyl (C=O) groups excluding carboxylic acids is 3. The Morgan fingerprint density at radius 3 is 2.14 bits per heavy atom. The number of carbonyl (C=O) groups is 3. The van der Waals surface area contributed by atoms with Gasteiger partial charge in [-0.05, 0) is 36.4 Å². The smallest absolute Gasteiger partial charge is 0.340 e. The zero-order valence-corrected chi connectivity index (χ0v) is 16.0. The molecule has 29 heavy (non-hydrogen) atoms. The molecule has 0 bridgehead atoms. The lowest BCUT2D eigenvalue weighted by Crippen LogP contribution is -2.51. The average molecular weight is 395 g/mol. The number of methoxy groups -OCH3 is 1. The number of piperazine rings is 1. The third-order valence-corrected chi connectivity index (χ3v) is 5.13. The van der Waals surface area contributed by atoms with Gasteiger partial charge >= 0.3 is 17.8 Å². The third kappa shape index (κ3) is 3.64. The van der Waals surface area contributed by atoms with Gasteiger partial charge in [0.15, 0.2) is 0 Å². The van der Waals surface area contributed by atoms with Gasteiger partial charge in [-0.3, -0.25) is 19.5 Å². The Hall–Kier alpha value is -3.46. The largest absolute Gasteiger partial charge is 0.497 e. The van der Waals surface area contributed by atoms with Crippen LogP contribution in [0.4, 0.5) is 16.2 Å². The molecule has 4 rings (SSSR count). The lowest BCUT2D eigenvalue weighted by Gasteiger charge is -2.37. The summed E-state index contributed by atoms with van der Waals surface area (Å²) in [7, 11) is 1.53. The molecule has 0 N–H and O–H groups in total. The second-order valence-corrected chi connectivity index (χ2v) is 6.81. The third-order valence-electron chi connectivity index (χ3n) is 5.13. The lowest BCUT2D eigenvalue weighted by molar-refractivity contribution is -0.140. The molecule has 0 aliphatic carbocycles. The van der Waals surface area contributed by atoms with Gasteiger partial charge in [-0.25, -0.2) is 14.6 Å². The van der Waals surface area contributed by atoms with E-state index in [-0.39, 0.29) is 6.67 Å². The summed E-state index contributed by atoms with van der Waals surface area (Å²) in [6.07, 6.45) is 3.51. The van der Waals surface area contributed by atoms with Crippen molar-refractivity contribution in [2.24, 2.45) is 0 Å². The molecule has 2 aliphatic rings. The number of hydrogen-bond acceptors (Lipinski definition) is 7. The first-order chi connectivity index (χ1) is 14.1. The summed E-state index contributed by atoms with van der Waals surface area (Å²) >= 11 is 0. The molecule has 2 fully saturated rings. The first-order valence-electron chi connectivity index (χ1n) is 9.30. The Kier molecular flexibility index (Phi) is 5.13. The van der Waals surface area contributed by atoms with Crippen LogP contribution in [0.3, 0.4) is 0 Å². The zero-order valence-electron chi connectivity index (χ0n) is 16.0. The van der Waals surface area contributed by atoms with Crippen molar-refractivity contribution in [3.8, 4) is 5.75 Å². The number of aromatic nitrogens is 1. The van der Waals surface area contributed by atoms with Crippen molar-refractivity contribution in [1.82, 2.24) is 14.8 Å². The van der Waals surface area contributed by atoms with E-state index in [0.717, 1.165) is 28.6 Å². The van der Waals surface area contributed by atoms with Crippen molar-refractivity contribution in [2.45, 2.75) is 0 Å². The number of pyridine rings is 1. The highest BCUT2D eigenvalue weighted by atomic mass is 16.5. The van der Waals surface area contributed by atoms with Gasteiger partial charge < -0.3 is 9.64 Å². The van der Waals surface area contributed by atoms with E-state index in [0.29, 0.717) is 24.5 Å². The molecule has 3 heterocycles. The topological polar surface area (TPSA) is 86.3 Å². The summed E-state index contributed by atoms with van der Waals surface area (Å²) in [6.45, 7) is 2.97. The minimum Gasteiger partial charge on any atom is -0.497 e. The van der Waals surface area contributed by atoms with E-state index in [1.807, 2.05) is 17.0 Å². The van der Waals surface area contributed by atoms with Crippen LogP contribution in [-0.2, 0) is 9.59 Å². The number of nitrogens with zero attached hydrogens (tertiary/aromatic N) is 5. The van der Waals surface area contributed by atoms with Crippen LogP contribution in [0, 0.1) is 0 Å². The number of benzene rings is 1. The Balaban J connectivity index is 1.41. The molecule has 2 saturated heterocycles. The van der Waals surface area contributed by atoms with E-state index < -0.39 is 17.8 Å². The van der Waals surface area contributed by atoms with Crippen molar-refractivity contribution in [3.05, 3.63) is 48.8 Å². The van der Waals surface area contributed by atoms with Crippen molar-refractivity contribution >= 4 is 29.2 Å². The molecule has 4 amide bonds. The fraction of sp³-hybridized carbons (Fsp3) is 0.300. The Labute approximate surface area is 168 Å². The maximum absolute atomic E-state index is 12.8. The van der Waals surface area contributed by atoms with Crippen molar-refractivity contribution in [2.75, 3.05) is 49.8 Å². The predicted octanol–water partition coefficient (Wildman–Crippen LogP) is 1.17. The normalized spacial score (nSPS) is 18.0. The minimum absolute atomic E-state index is 0.0975. The summed E-state index contributed by atoms with van der Waals surface area (Å²) in [5, 5.41) is 0. The number of ether oxygens (including phenoxy) is 1. The van der Waals surface area contributed by atoms with E-state index in [1.54, 1.807) is 36.7 Å². The average Bonchev–Trinajstić information content (AvgIpc) is 2.98. The molecule has 1 aromatic heterocycles. The summed E-state index contributed by atoms with van der Waals surface area (Å²) < 4.78 is 5.09. The van der Waals surface area contributed by atoms with Gasteiger partial charge in [-0.1, -0.05) is 0 Å². The molecule has 0 radical (unpaired) electrons. The predicted molar refractivity (Wildman–Crippen MR) is 106 cm³/mol. The van der Waals surface area contributed by atoms with Crippen molar-refractivity contribution in [1.29, 1.82) is 0 Å². The maximum Gasteiger partial charge on any atom is 0.340 e. The van der Waals surface area contributed by atoms with Crippen LogP contribution in [0.1, 0.15) is 0 Å². The fourth-order valence-electron chi connectivity index (χ4n) is 3.49. The van der Waals surface area contributed by atoms with Crippen LogP contribution in [-0.4, -0.2) is 72.6 Å². The van der Waals surface area contributed by atoms with E-state index >= 15 is 0 Å². The SMILES string of the molecule is COc1ccc(N2C(=O)C(=O)N(CN3CCN(c4ccncc4)CC3)C2=O)cc1. The molecule has 0 spiro atoms. The van der Waals surface area contributed by atoms with Gasteiger partial charge in [0.1, 0.15) is 5.75 Å². The van der Waals surface area contributed by atoms with E-state index in [4.69, 9.17) is 4.74 Å². The Morgan fingerprint density at radius 1 is 0.862 bits per heavy atom. The molecule has 150 valence electrons. The van der Waals surface area contributed by atoms with E-state index in [9.17, 15) is 14.4 Å². The Bertz CT molecular complexity index is 910. The molecule has 9 nitrogen and oxygen atoms in total. The lowest BCUT2D eigenvalue weighted by atomic mass is 10.3. The van der Waals surface area contributed by atoms with Crippen molar-refractivity contribution < 1.29 is 19.1 Å². The zero-order chi connectivity index (χ0) is 20.4. The fourth-order valence-corrected chi connectivity index (χ4v) is 3.49. The van der Waals surface area contributed by atoms with Crippen LogP contribution < -0.4 is 14.5 Å². The first-order valence-corrected chi connectivity index (χ1v) is 9.30. The number of urea groups is 1. The standard InChI is InChI=1S/C20H21N5O4/c1-29-17-4-2-16(3-5-17)25-19(27)18(26)24(20(25)28)14-22-10-12-23(13-11-22)15-6-8-21-9-7-15/h2-9H,10-14H2,1H3. The number of anilines is 2. The summed E-state index contributed by atoms with van der Waals surface area (Å²) in [5.74, 6) is -1.04. The van der Waals surface area contributed by atoms with Crippen LogP contribution >= 0.6 is 0 Å². The highest BCUT2D eigenvalue weighted by Gasteiger charge is 2.46. The molecule has 0 atom stereocenters. The molecule has 2 aromatic rings. The van der Waals surface area contributed by atoms with Gasteiger partial charge in [-0.2, -0.15) is 0 Å². The quantitative estimate of drug-likeness (QED) is 0.555. The van der Waals surface area contributed by atoms with Crippen LogP contribution in [0.15, 0.2) is 48.8 Å². The maximum atomic E-state index is 12.8. The second-order valence-electron chi connectivity index (χ2n) is 6.81. The minimum atomic E-state index is -0.837. The van der Waals surface area contributed by atoms with Crippen molar-refractivity contribution in [3.63, 3.8) is 0 Å². The number of hydrogen-bond donors (Lipinski definition) is 0. The summed E-state index contributed by atoms with van der Waals surface area (Å²) in [6, 6.07) is 9.73. The van der Waals surface area contributed by atoms with E-state index in [1.165, 1.54) is 7.11 Å². The first kappa shape index (κ1) is 18.9. The van der Waals surface area contributed by atoms with Crippen LogP contribution in [0.5, 0.6) is 5.75 Å². The molecule has 9 heteroatoms. The summed E-state index contributed by atoms with van der Waals surface area (Å²) in [4.78, 5) is 47.8. The molecular weight excluding hydrogens is 374 g/mol.